The van der Waals surface area contributed by atoms with Crippen LogP contribution in [-0.2, 0) is 3.42 Å². The molecule has 0 fully saturated rings. The quantitative estimate of drug-likeness (QED) is 0.648. The standard InChI is InChI=1S/C10H13IO/c1-3-10(2,11)8-4-6-9(12)7-5-8/h4-7,12H,3H2,1-2H3. The van der Waals surface area contributed by atoms with Gasteiger partial charge in [0.05, 0.1) is 0 Å². The average molecular weight is 276 g/mol. The van der Waals surface area contributed by atoms with Crippen molar-refractivity contribution >= 4 is 22.6 Å². The lowest BCUT2D eigenvalue weighted by atomic mass is 9.99. The summed E-state index contributed by atoms with van der Waals surface area (Å²) in [6.45, 7) is 4.36. The van der Waals surface area contributed by atoms with Gasteiger partial charge in [-0.1, -0.05) is 41.6 Å². The van der Waals surface area contributed by atoms with Crippen molar-refractivity contribution in [1.82, 2.24) is 0 Å². The summed E-state index contributed by atoms with van der Waals surface area (Å²) in [6.07, 6.45) is 1.10. The van der Waals surface area contributed by atoms with Gasteiger partial charge in [-0.05, 0) is 31.0 Å². The van der Waals surface area contributed by atoms with E-state index >= 15 is 0 Å². The molecular weight excluding hydrogens is 263 g/mol. The fourth-order valence-electron chi connectivity index (χ4n) is 1.01. The van der Waals surface area contributed by atoms with Crippen LogP contribution in [0.15, 0.2) is 24.3 Å². The van der Waals surface area contributed by atoms with Crippen LogP contribution in [0.1, 0.15) is 25.8 Å². The molecule has 0 aliphatic rings. The molecule has 0 heterocycles. The van der Waals surface area contributed by atoms with Crippen molar-refractivity contribution in [3.05, 3.63) is 29.8 Å². The predicted octanol–water partition coefficient (Wildman–Crippen LogP) is 3.45. The van der Waals surface area contributed by atoms with E-state index in [1.54, 1.807) is 12.1 Å². The molecule has 1 unspecified atom stereocenters. The normalized spacial score (nSPS) is 15.6. The van der Waals surface area contributed by atoms with E-state index in [0.29, 0.717) is 5.75 Å². The van der Waals surface area contributed by atoms with Crippen molar-refractivity contribution in [3.63, 3.8) is 0 Å². The number of phenolic OH excluding ortho intramolecular Hbond substituents is 1. The van der Waals surface area contributed by atoms with Gasteiger partial charge in [-0.25, -0.2) is 0 Å². The maximum absolute atomic E-state index is 9.09. The minimum atomic E-state index is 0.186. The number of hydrogen-bond donors (Lipinski definition) is 1. The van der Waals surface area contributed by atoms with E-state index in [9.17, 15) is 0 Å². The van der Waals surface area contributed by atoms with E-state index in [1.165, 1.54) is 5.56 Å². The monoisotopic (exact) mass is 276 g/mol. The number of phenols is 1. The Morgan fingerprint density at radius 3 is 2.25 bits per heavy atom. The van der Waals surface area contributed by atoms with Gasteiger partial charge in [0.15, 0.2) is 0 Å². The highest BCUT2D eigenvalue weighted by atomic mass is 127. The van der Waals surface area contributed by atoms with Crippen LogP contribution in [-0.4, -0.2) is 5.11 Å². The van der Waals surface area contributed by atoms with Crippen molar-refractivity contribution in [2.45, 2.75) is 23.7 Å². The van der Waals surface area contributed by atoms with Crippen LogP contribution in [0.5, 0.6) is 5.75 Å². The maximum Gasteiger partial charge on any atom is 0.115 e. The Labute approximate surface area is 86.9 Å². The number of hydrogen-bond acceptors (Lipinski definition) is 1. The highest BCUT2D eigenvalue weighted by molar-refractivity contribution is 14.1. The lowest BCUT2D eigenvalue weighted by Crippen LogP contribution is -2.10. The van der Waals surface area contributed by atoms with Crippen LogP contribution in [0.3, 0.4) is 0 Å². The third-order valence-electron chi connectivity index (χ3n) is 2.13. The molecule has 0 aromatic heterocycles. The summed E-state index contributed by atoms with van der Waals surface area (Å²) in [5.74, 6) is 0.335. The van der Waals surface area contributed by atoms with E-state index in [1.807, 2.05) is 12.1 Å². The van der Waals surface area contributed by atoms with E-state index in [0.717, 1.165) is 6.42 Å². The molecule has 0 aliphatic carbocycles. The minimum absolute atomic E-state index is 0.186. The summed E-state index contributed by atoms with van der Waals surface area (Å²) in [4.78, 5) is 0. The zero-order valence-corrected chi connectivity index (χ0v) is 9.50. The third-order valence-corrected chi connectivity index (χ3v) is 3.52. The average Bonchev–Trinajstić information content (AvgIpc) is 2.05. The molecule has 1 rings (SSSR count). The van der Waals surface area contributed by atoms with E-state index in [4.69, 9.17) is 5.11 Å². The molecular formula is C10H13IO. The first-order valence-electron chi connectivity index (χ1n) is 4.04. The number of benzene rings is 1. The molecule has 0 radical (unpaired) electrons. The maximum atomic E-state index is 9.09. The van der Waals surface area contributed by atoms with Crippen LogP contribution in [0.4, 0.5) is 0 Å². The van der Waals surface area contributed by atoms with Gasteiger partial charge in [0.1, 0.15) is 5.75 Å². The second-order valence-corrected chi connectivity index (χ2v) is 5.48. The lowest BCUT2D eigenvalue weighted by Gasteiger charge is -2.20. The van der Waals surface area contributed by atoms with Gasteiger partial charge < -0.3 is 5.11 Å². The highest BCUT2D eigenvalue weighted by Crippen LogP contribution is 2.35. The molecule has 0 saturated carbocycles. The topological polar surface area (TPSA) is 20.2 Å². The number of alkyl halides is 1. The van der Waals surface area contributed by atoms with Crippen LogP contribution in [0.25, 0.3) is 0 Å². The van der Waals surface area contributed by atoms with Gasteiger partial charge in [0, 0.05) is 3.42 Å². The Morgan fingerprint density at radius 2 is 1.83 bits per heavy atom. The van der Waals surface area contributed by atoms with Crippen LogP contribution >= 0.6 is 22.6 Å². The summed E-state index contributed by atoms with van der Waals surface area (Å²) in [5.41, 5.74) is 1.27. The van der Waals surface area contributed by atoms with Crippen molar-refractivity contribution in [2.75, 3.05) is 0 Å². The van der Waals surface area contributed by atoms with Crippen molar-refractivity contribution in [3.8, 4) is 5.75 Å². The SMILES string of the molecule is CCC(C)(I)c1ccc(O)cc1. The predicted molar refractivity (Wildman–Crippen MR) is 59.8 cm³/mol. The molecule has 66 valence electrons. The molecule has 0 saturated heterocycles. The molecule has 0 amide bonds. The van der Waals surface area contributed by atoms with Crippen molar-refractivity contribution < 1.29 is 5.11 Å². The van der Waals surface area contributed by atoms with E-state index in [-0.39, 0.29) is 3.42 Å². The van der Waals surface area contributed by atoms with E-state index < -0.39 is 0 Å². The van der Waals surface area contributed by atoms with Crippen molar-refractivity contribution in [2.24, 2.45) is 0 Å². The summed E-state index contributed by atoms with van der Waals surface area (Å²) >= 11 is 2.44. The molecule has 2 heteroatoms. The van der Waals surface area contributed by atoms with Crippen LogP contribution < -0.4 is 0 Å². The summed E-state index contributed by atoms with van der Waals surface area (Å²) in [5, 5.41) is 9.09. The molecule has 1 aromatic carbocycles. The second-order valence-electron chi connectivity index (χ2n) is 3.10. The Balaban J connectivity index is 2.96. The highest BCUT2D eigenvalue weighted by Gasteiger charge is 2.19. The van der Waals surface area contributed by atoms with Gasteiger partial charge >= 0.3 is 0 Å². The van der Waals surface area contributed by atoms with E-state index in [2.05, 4.69) is 36.4 Å². The molecule has 0 aliphatic heterocycles. The first-order chi connectivity index (χ1) is 5.56. The fraction of sp³-hybridized carbons (Fsp3) is 0.400. The number of rotatable bonds is 2. The molecule has 1 atom stereocenters. The summed E-state index contributed by atoms with van der Waals surface area (Å²) < 4.78 is 0.186. The largest absolute Gasteiger partial charge is 0.508 e. The second kappa shape index (κ2) is 3.64. The van der Waals surface area contributed by atoms with Gasteiger partial charge in [-0.15, -0.1) is 0 Å². The molecule has 0 spiro atoms. The third kappa shape index (κ3) is 2.12. The van der Waals surface area contributed by atoms with Crippen LogP contribution in [0.2, 0.25) is 0 Å². The Hall–Kier alpha value is -0.250. The zero-order valence-electron chi connectivity index (χ0n) is 7.34. The Morgan fingerprint density at radius 1 is 1.33 bits per heavy atom. The molecule has 0 bridgehead atoms. The molecule has 12 heavy (non-hydrogen) atoms. The molecule has 1 N–H and O–H groups in total. The molecule has 1 nitrogen and oxygen atoms in total. The van der Waals surface area contributed by atoms with Gasteiger partial charge in [0.25, 0.3) is 0 Å². The van der Waals surface area contributed by atoms with Gasteiger partial charge in [-0.3, -0.25) is 0 Å². The smallest absolute Gasteiger partial charge is 0.115 e. The Kier molecular flexibility index (Phi) is 2.99. The summed E-state index contributed by atoms with van der Waals surface area (Å²) in [6, 6.07) is 7.43. The Bertz CT molecular complexity index is 251. The number of halogens is 1. The van der Waals surface area contributed by atoms with Gasteiger partial charge in [0.2, 0.25) is 0 Å². The van der Waals surface area contributed by atoms with Crippen LogP contribution in [0, 0.1) is 0 Å². The first-order valence-corrected chi connectivity index (χ1v) is 5.12. The van der Waals surface area contributed by atoms with Gasteiger partial charge in [-0.2, -0.15) is 0 Å². The van der Waals surface area contributed by atoms with Crippen molar-refractivity contribution in [1.29, 1.82) is 0 Å². The number of aromatic hydroxyl groups is 1. The minimum Gasteiger partial charge on any atom is -0.508 e. The lowest BCUT2D eigenvalue weighted by molar-refractivity contribution is 0.474. The zero-order chi connectivity index (χ0) is 9.19. The fourth-order valence-corrected chi connectivity index (χ4v) is 1.37. The molecule has 1 aromatic rings. The summed E-state index contributed by atoms with van der Waals surface area (Å²) in [7, 11) is 0. The first kappa shape index (κ1) is 9.84.